The Kier molecular flexibility index (Phi) is 4.30. The molecule has 0 aromatic rings. The van der Waals surface area contributed by atoms with Crippen LogP contribution in [-0.4, -0.2) is 54.5 Å². The fourth-order valence-corrected chi connectivity index (χ4v) is 4.25. The first-order chi connectivity index (χ1) is 9.87. The zero-order chi connectivity index (χ0) is 15.1. The van der Waals surface area contributed by atoms with E-state index in [0.29, 0.717) is 17.9 Å². The van der Waals surface area contributed by atoms with Gasteiger partial charge in [0.05, 0.1) is 0 Å². The average molecular weight is 300 g/mol. The van der Waals surface area contributed by atoms with Crippen LogP contribution in [0.1, 0.15) is 58.3 Å². The molecule has 2 aliphatic carbocycles. The number of piperidine rings is 1. The van der Waals surface area contributed by atoms with E-state index in [4.69, 9.17) is 0 Å². The third kappa shape index (κ3) is 3.95. The zero-order valence-electron chi connectivity index (χ0n) is 13.6. The molecular weight excluding hydrogens is 270 g/mol. The smallest absolute Gasteiger partial charge is 0.249 e. The highest BCUT2D eigenvalue weighted by Gasteiger charge is 2.41. The molecule has 3 rings (SSSR count). The molecule has 2 nitrogen and oxygen atoms in total. The second-order valence-corrected chi connectivity index (χ2v) is 8.10. The van der Waals surface area contributed by atoms with Gasteiger partial charge in [-0.2, -0.15) is 0 Å². The van der Waals surface area contributed by atoms with Gasteiger partial charge in [0.15, 0.2) is 0 Å². The molecule has 2 saturated carbocycles. The van der Waals surface area contributed by atoms with Gasteiger partial charge in [-0.1, -0.05) is 6.92 Å². The molecule has 1 saturated heterocycles. The molecule has 1 aliphatic heterocycles. The van der Waals surface area contributed by atoms with Crippen LogP contribution in [-0.2, 0) is 0 Å². The Hall–Kier alpha value is -0.220. The molecule has 1 heterocycles. The summed E-state index contributed by atoms with van der Waals surface area (Å²) in [4.78, 5) is 4.87. The molecule has 0 amide bonds. The summed E-state index contributed by atoms with van der Waals surface area (Å²) in [5.74, 6) is -2.42. The van der Waals surface area contributed by atoms with Crippen LogP contribution in [0.3, 0.4) is 0 Å². The molecule has 0 radical (unpaired) electrons. The van der Waals surface area contributed by atoms with Gasteiger partial charge in [-0.05, 0) is 64.1 Å². The van der Waals surface area contributed by atoms with Gasteiger partial charge in [-0.3, -0.25) is 0 Å². The van der Waals surface area contributed by atoms with E-state index in [2.05, 4.69) is 23.8 Å². The fraction of sp³-hybridized carbons (Fsp3) is 1.00. The van der Waals surface area contributed by atoms with Crippen molar-refractivity contribution in [3.8, 4) is 0 Å². The van der Waals surface area contributed by atoms with Gasteiger partial charge in [-0.25, -0.2) is 8.78 Å². The maximum Gasteiger partial charge on any atom is 0.249 e. The molecule has 1 atom stereocenters. The standard InChI is InChI=1S/C17H30F2N2/c1-16(8-9-16)13-20(2)14-5-10-21(11-6-14)15-4-3-7-17(18,19)12-15/h14-15H,3-13H2,1-2H3. The van der Waals surface area contributed by atoms with Crippen molar-refractivity contribution in [3.05, 3.63) is 0 Å². The Bertz CT molecular complexity index is 360. The number of alkyl halides is 2. The van der Waals surface area contributed by atoms with Crippen LogP contribution in [0, 0.1) is 5.41 Å². The SMILES string of the molecule is CN(CC1(C)CC1)C1CCN(C2CCCC(F)(F)C2)CC1. The van der Waals surface area contributed by atoms with Crippen molar-refractivity contribution in [2.75, 3.05) is 26.7 Å². The number of nitrogens with zero attached hydrogens (tertiary/aromatic N) is 2. The largest absolute Gasteiger partial charge is 0.303 e. The Labute approximate surface area is 127 Å². The lowest BCUT2D eigenvalue weighted by atomic mass is 9.89. The van der Waals surface area contributed by atoms with E-state index < -0.39 is 5.92 Å². The quantitative estimate of drug-likeness (QED) is 0.780. The van der Waals surface area contributed by atoms with E-state index in [9.17, 15) is 8.78 Å². The Morgan fingerprint density at radius 1 is 1.10 bits per heavy atom. The molecule has 0 N–H and O–H groups in total. The summed E-state index contributed by atoms with van der Waals surface area (Å²) in [6.45, 7) is 5.60. The summed E-state index contributed by atoms with van der Waals surface area (Å²) in [5.41, 5.74) is 0.567. The summed E-state index contributed by atoms with van der Waals surface area (Å²) >= 11 is 0. The Morgan fingerprint density at radius 2 is 1.76 bits per heavy atom. The van der Waals surface area contributed by atoms with Gasteiger partial charge >= 0.3 is 0 Å². The minimum atomic E-state index is -2.42. The number of halogens is 2. The van der Waals surface area contributed by atoms with Crippen LogP contribution in [0.4, 0.5) is 8.78 Å². The lowest BCUT2D eigenvalue weighted by Crippen LogP contribution is -2.50. The second-order valence-electron chi connectivity index (χ2n) is 8.10. The molecule has 122 valence electrons. The molecule has 0 bridgehead atoms. The number of rotatable bonds is 4. The number of hydrogen-bond acceptors (Lipinski definition) is 2. The second kappa shape index (κ2) is 5.77. The van der Waals surface area contributed by atoms with E-state index in [1.165, 1.54) is 19.4 Å². The topological polar surface area (TPSA) is 6.48 Å². The van der Waals surface area contributed by atoms with Crippen molar-refractivity contribution in [2.24, 2.45) is 5.41 Å². The molecule has 4 heteroatoms. The minimum absolute atomic E-state index is 0.0889. The summed E-state index contributed by atoms with van der Waals surface area (Å²) in [5, 5.41) is 0. The van der Waals surface area contributed by atoms with Crippen molar-refractivity contribution in [1.82, 2.24) is 9.80 Å². The Morgan fingerprint density at radius 3 is 2.33 bits per heavy atom. The van der Waals surface area contributed by atoms with Crippen LogP contribution in [0.5, 0.6) is 0 Å². The summed E-state index contributed by atoms with van der Waals surface area (Å²) in [6.07, 6.45) is 6.88. The van der Waals surface area contributed by atoms with E-state index in [1.807, 2.05) is 0 Å². The summed E-state index contributed by atoms with van der Waals surface area (Å²) in [7, 11) is 2.25. The molecule has 3 aliphatic rings. The van der Waals surface area contributed by atoms with E-state index in [0.717, 1.165) is 32.4 Å². The third-order valence-electron chi connectivity index (χ3n) is 5.99. The van der Waals surface area contributed by atoms with Gasteiger partial charge < -0.3 is 9.80 Å². The molecule has 21 heavy (non-hydrogen) atoms. The van der Waals surface area contributed by atoms with E-state index in [1.54, 1.807) is 0 Å². The van der Waals surface area contributed by atoms with Crippen molar-refractivity contribution >= 4 is 0 Å². The van der Waals surface area contributed by atoms with Crippen molar-refractivity contribution in [3.63, 3.8) is 0 Å². The predicted octanol–water partition coefficient (Wildman–Crippen LogP) is 3.76. The average Bonchev–Trinajstić information content (AvgIpc) is 3.15. The number of hydrogen-bond donors (Lipinski definition) is 0. The lowest BCUT2D eigenvalue weighted by Gasteiger charge is -2.43. The van der Waals surface area contributed by atoms with E-state index >= 15 is 0 Å². The first kappa shape index (κ1) is 15.7. The normalized spacial score (nSPS) is 33.3. The van der Waals surface area contributed by atoms with Gasteiger partial charge in [0.25, 0.3) is 0 Å². The van der Waals surface area contributed by atoms with Crippen LogP contribution < -0.4 is 0 Å². The highest BCUT2D eigenvalue weighted by atomic mass is 19.3. The van der Waals surface area contributed by atoms with Crippen LogP contribution in [0.15, 0.2) is 0 Å². The first-order valence-corrected chi connectivity index (χ1v) is 8.69. The molecular formula is C17H30F2N2. The van der Waals surface area contributed by atoms with Crippen molar-refractivity contribution in [1.29, 1.82) is 0 Å². The number of likely N-dealkylation sites (tertiary alicyclic amines) is 1. The van der Waals surface area contributed by atoms with Gasteiger partial charge in [-0.15, -0.1) is 0 Å². The van der Waals surface area contributed by atoms with Gasteiger partial charge in [0.2, 0.25) is 5.92 Å². The maximum absolute atomic E-state index is 13.6. The van der Waals surface area contributed by atoms with Crippen molar-refractivity contribution in [2.45, 2.75) is 76.3 Å². The molecule has 0 aromatic heterocycles. The maximum atomic E-state index is 13.6. The summed E-state index contributed by atoms with van der Waals surface area (Å²) < 4.78 is 27.1. The highest BCUT2D eigenvalue weighted by Crippen LogP contribution is 2.46. The molecule has 1 unspecified atom stereocenters. The first-order valence-electron chi connectivity index (χ1n) is 8.69. The lowest BCUT2D eigenvalue weighted by molar-refractivity contribution is -0.0684. The predicted molar refractivity (Wildman–Crippen MR) is 81.8 cm³/mol. The third-order valence-corrected chi connectivity index (χ3v) is 5.99. The van der Waals surface area contributed by atoms with Crippen LogP contribution in [0.2, 0.25) is 0 Å². The Balaban J connectivity index is 1.46. The van der Waals surface area contributed by atoms with Gasteiger partial charge in [0.1, 0.15) is 0 Å². The van der Waals surface area contributed by atoms with E-state index in [-0.39, 0.29) is 18.9 Å². The molecule has 0 aromatic carbocycles. The zero-order valence-corrected chi connectivity index (χ0v) is 13.6. The summed E-state index contributed by atoms with van der Waals surface area (Å²) in [6, 6.07) is 0.781. The van der Waals surface area contributed by atoms with Crippen molar-refractivity contribution < 1.29 is 8.78 Å². The fourth-order valence-electron chi connectivity index (χ4n) is 4.25. The van der Waals surface area contributed by atoms with Gasteiger partial charge in [0, 0.05) is 31.5 Å². The molecule has 0 spiro atoms. The molecule has 3 fully saturated rings. The van der Waals surface area contributed by atoms with Crippen LogP contribution in [0.25, 0.3) is 0 Å². The monoisotopic (exact) mass is 300 g/mol. The van der Waals surface area contributed by atoms with Crippen LogP contribution >= 0.6 is 0 Å². The minimum Gasteiger partial charge on any atom is -0.303 e. The highest BCUT2D eigenvalue weighted by molar-refractivity contribution is 4.93.